The number of ether oxygens (including phenoxy) is 2. The van der Waals surface area contributed by atoms with Gasteiger partial charge in [-0.25, -0.2) is 9.59 Å². The second-order valence-electron chi connectivity index (χ2n) is 11.4. The van der Waals surface area contributed by atoms with Crippen molar-refractivity contribution in [3.63, 3.8) is 0 Å². The van der Waals surface area contributed by atoms with Crippen LogP contribution >= 0.6 is 0 Å². The standard InChI is InChI=1S/C28H36F2O5/c1-2-17-12-20-13-21-14-23(16-27(20,21)15-17)34-22-10-8-19(9-11-22)25(31)35-24(28(29,30)26(32)33)18-6-4-3-5-7-18/h8-11,17-18,20-21,23-24H,2-7,12-16H2,1H3,(H,32,33). The molecule has 0 radical (unpaired) electrons. The molecule has 0 aliphatic heterocycles. The van der Waals surface area contributed by atoms with Crippen molar-refractivity contribution in [2.75, 3.05) is 0 Å². The van der Waals surface area contributed by atoms with E-state index in [1.807, 2.05) is 0 Å². The highest BCUT2D eigenvalue weighted by atomic mass is 19.3. The van der Waals surface area contributed by atoms with Crippen LogP contribution in [0.4, 0.5) is 8.78 Å². The average Bonchev–Trinajstić information content (AvgIpc) is 3.28. The largest absolute Gasteiger partial charge is 0.490 e. The van der Waals surface area contributed by atoms with Crippen molar-refractivity contribution in [1.29, 1.82) is 0 Å². The molecule has 1 N–H and O–H groups in total. The normalized spacial score (nSPS) is 33.3. The Balaban J connectivity index is 1.21. The summed E-state index contributed by atoms with van der Waals surface area (Å²) in [5, 5.41) is 9.07. The van der Waals surface area contributed by atoms with E-state index < -0.39 is 29.9 Å². The molecule has 0 amide bonds. The lowest BCUT2D eigenvalue weighted by Crippen LogP contribution is -2.48. The molecule has 5 rings (SSSR count). The predicted octanol–water partition coefficient (Wildman–Crippen LogP) is 6.50. The molecule has 0 bridgehead atoms. The smallest absolute Gasteiger partial charge is 0.378 e. The van der Waals surface area contributed by atoms with Crippen molar-refractivity contribution in [1.82, 2.24) is 0 Å². The molecule has 6 unspecified atom stereocenters. The molecule has 4 fully saturated rings. The summed E-state index contributed by atoms with van der Waals surface area (Å²) in [6, 6.07) is 6.39. The lowest BCUT2D eigenvalue weighted by Gasteiger charge is -2.48. The van der Waals surface area contributed by atoms with Gasteiger partial charge in [0.05, 0.1) is 11.7 Å². The predicted molar refractivity (Wildman–Crippen MR) is 125 cm³/mol. The van der Waals surface area contributed by atoms with Gasteiger partial charge in [-0.1, -0.05) is 32.6 Å². The Morgan fingerprint density at radius 2 is 1.74 bits per heavy atom. The number of carbonyl (C=O) groups excluding carboxylic acids is 1. The van der Waals surface area contributed by atoms with E-state index in [2.05, 4.69) is 6.92 Å². The van der Waals surface area contributed by atoms with Gasteiger partial charge in [0.1, 0.15) is 5.75 Å². The van der Waals surface area contributed by atoms with Crippen LogP contribution in [0.5, 0.6) is 5.75 Å². The van der Waals surface area contributed by atoms with Gasteiger partial charge in [0, 0.05) is 5.92 Å². The Labute approximate surface area is 205 Å². The van der Waals surface area contributed by atoms with Crippen molar-refractivity contribution in [2.45, 2.75) is 95.7 Å². The third-order valence-electron chi connectivity index (χ3n) is 9.56. The van der Waals surface area contributed by atoms with Crippen molar-refractivity contribution in [3.05, 3.63) is 29.8 Å². The molecule has 192 valence electrons. The van der Waals surface area contributed by atoms with Gasteiger partial charge in [-0.15, -0.1) is 0 Å². The number of carbonyl (C=O) groups is 2. The Bertz CT molecular complexity index is 941. The van der Waals surface area contributed by atoms with Crippen molar-refractivity contribution >= 4 is 11.9 Å². The molecule has 4 aliphatic rings. The molecule has 1 aromatic carbocycles. The fraction of sp³-hybridized carbons (Fsp3) is 0.714. The Morgan fingerprint density at radius 1 is 1.06 bits per heavy atom. The van der Waals surface area contributed by atoms with Crippen LogP contribution in [0.3, 0.4) is 0 Å². The molecule has 7 heteroatoms. The summed E-state index contributed by atoms with van der Waals surface area (Å²) in [6.45, 7) is 2.29. The third-order valence-corrected chi connectivity index (χ3v) is 9.56. The van der Waals surface area contributed by atoms with Gasteiger partial charge in [-0.05, 0) is 92.4 Å². The van der Waals surface area contributed by atoms with Crippen molar-refractivity contribution in [3.8, 4) is 5.75 Å². The van der Waals surface area contributed by atoms with Gasteiger partial charge < -0.3 is 14.6 Å². The SMILES string of the molecule is CCC1CC2CC3CC(Oc4ccc(C(=O)OC(C5CCCCC5)C(F)(F)C(=O)O)cc4)CC23C1. The first-order chi connectivity index (χ1) is 16.7. The molecule has 0 saturated heterocycles. The van der Waals surface area contributed by atoms with E-state index >= 15 is 0 Å². The molecule has 0 aromatic heterocycles. The fourth-order valence-electron chi connectivity index (χ4n) is 7.72. The second kappa shape index (κ2) is 9.36. The Hall–Kier alpha value is -2.18. The number of rotatable bonds is 8. The summed E-state index contributed by atoms with van der Waals surface area (Å²) in [7, 11) is 0. The summed E-state index contributed by atoms with van der Waals surface area (Å²) in [5.74, 6) is -4.86. The van der Waals surface area contributed by atoms with Crippen LogP contribution in [0.15, 0.2) is 24.3 Å². The minimum Gasteiger partial charge on any atom is -0.490 e. The van der Waals surface area contributed by atoms with Crippen LogP contribution in [0, 0.1) is 29.1 Å². The Kier molecular flexibility index (Phi) is 6.56. The molecular formula is C28H36F2O5. The number of alkyl halides is 2. The average molecular weight is 491 g/mol. The highest BCUT2D eigenvalue weighted by Gasteiger charge is 2.63. The van der Waals surface area contributed by atoms with Crippen LogP contribution in [0.2, 0.25) is 0 Å². The second-order valence-corrected chi connectivity index (χ2v) is 11.4. The highest BCUT2D eigenvalue weighted by Crippen LogP contribution is 2.70. The van der Waals surface area contributed by atoms with E-state index in [0.29, 0.717) is 24.0 Å². The van der Waals surface area contributed by atoms with E-state index in [1.165, 1.54) is 37.8 Å². The van der Waals surface area contributed by atoms with Crippen LogP contribution in [-0.2, 0) is 9.53 Å². The molecule has 1 aromatic rings. The first kappa shape index (κ1) is 24.5. The fourth-order valence-corrected chi connectivity index (χ4v) is 7.72. The van der Waals surface area contributed by atoms with E-state index in [-0.39, 0.29) is 11.7 Å². The maximum Gasteiger partial charge on any atom is 0.378 e. The number of carboxylic acids is 1. The van der Waals surface area contributed by atoms with E-state index in [4.69, 9.17) is 14.6 Å². The molecule has 4 aliphatic carbocycles. The molecule has 4 saturated carbocycles. The van der Waals surface area contributed by atoms with Crippen LogP contribution in [0.25, 0.3) is 0 Å². The zero-order valence-electron chi connectivity index (χ0n) is 20.4. The number of esters is 1. The maximum atomic E-state index is 14.5. The number of carboxylic acid groups (broad SMARTS) is 1. The van der Waals surface area contributed by atoms with E-state index in [9.17, 15) is 18.4 Å². The van der Waals surface area contributed by atoms with Crippen molar-refractivity contribution in [2.24, 2.45) is 29.1 Å². The third kappa shape index (κ3) is 4.44. The zero-order chi connectivity index (χ0) is 24.8. The van der Waals surface area contributed by atoms with Gasteiger partial charge >= 0.3 is 17.9 Å². The number of benzene rings is 1. The Morgan fingerprint density at radius 3 is 2.40 bits per heavy atom. The quantitative estimate of drug-likeness (QED) is 0.421. The van der Waals surface area contributed by atoms with Gasteiger partial charge in [-0.2, -0.15) is 8.78 Å². The minimum absolute atomic E-state index is 0.117. The minimum atomic E-state index is -4.13. The van der Waals surface area contributed by atoms with Crippen LogP contribution in [0.1, 0.15) is 87.9 Å². The van der Waals surface area contributed by atoms with Gasteiger partial charge in [0.15, 0.2) is 6.10 Å². The topological polar surface area (TPSA) is 72.8 Å². The lowest BCUT2D eigenvalue weighted by molar-refractivity contribution is -0.189. The summed E-state index contributed by atoms with van der Waals surface area (Å²) in [6.07, 6.45) is 8.86. The first-order valence-electron chi connectivity index (χ1n) is 13.3. The summed E-state index contributed by atoms with van der Waals surface area (Å²) < 4.78 is 40.4. The lowest BCUT2D eigenvalue weighted by atomic mass is 9.56. The molecular weight excluding hydrogens is 454 g/mol. The number of aliphatic carboxylic acids is 1. The van der Waals surface area contributed by atoms with Gasteiger partial charge in [-0.3, -0.25) is 0 Å². The molecule has 35 heavy (non-hydrogen) atoms. The van der Waals surface area contributed by atoms with Crippen LogP contribution in [-0.4, -0.2) is 35.2 Å². The summed E-state index contributed by atoms with van der Waals surface area (Å²) >= 11 is 0. The maximum absolute atomic E-state index is 14.5. The molecule has 6 atom stereocenters. The van der Waals surface area contributed by atoms with E-state index in [1.54, 1.807) is 12.1 Å². The number of halogens is 2. The number of hydrogen-bond donors (Lipinski definition) is 1. The van der Waals surface area contributed by atoms with Crippen molar-refractivity contribution < 1.29 is 33.0 Å². The molecule has 1 spiro atoms. The summed E-state index contributed by atoms with van der Waals surface area (Å²) in [5.41, 5.74) is 0.588. The van der Waals surface area contributed by atoms with Gasteiger partial charge in [0.2, 0.25) is 0 Å². The first-order valence-corrected chi connectivity index (χ1v) is 13.3. The van der Waals surface area contributed by atoms with Gasteiger partial charge in [0.25, 0.3) is 0 Å². The molecule has 0 heterocycles. The van der Waals surface area contributed by atoms with Crippen LogP contribution < -0.4 is 4.74 Å². The zero-order valence-corrected chi connectivity index (χ0v) is 20.4. The van der Waals surface area contributed by atoms with E-state index in [0.717, 1.165) is 49.9 Å². The summed E-state index contributed by atoms with van der Waals surface area (Å²) in [4.78, 5) is 23.9. The number of hydrogen-bond acceptors (Lipinski definition) is 4. The monoisotopic (exact) mass is 490 g/mol. The molecule has 5 nitrogen and oxygen atoms in total. The highest BCUT2D eigenvalue weighted by molar-refractivity contribution is 5.90.